The van der Waals surface area contributed by atoms with E-state index in [-0.39, 0.29) is 35.7 Å². The molecule has 0 spiro atoms. The molecule has 3 rings (SSSR count). The second-order valence-electron chi connectivity index (χ2n) is 8.28. The maximum atomic E-state index is 13.0. The Labute approximate surface area is 186 Å². The van der Waals surface area contributed by atoms with Crippen molar-refractivity contribution >= 4 is 16.9 Å². The Morgan fingerprint density at radius 2 is 1.81 bits per heavy atom. The van der Waals surface area contributed by atoms with Crippen LogP contribution in [0.25, 0.3) is 11.0 Å². The number of amides is 1. The number of aromatic amines is 1. The third-order valence-electron chi connectivity index (χ3n) is 5.32. The van der Waals surface area contributed by atoms with Crippen LogP contribution in [0.2, 0.25) is 0 Å². The van der Waals surface area contributed by atoms with E-state index in [4.69, 9.17) is 4.74 Å². The Morgan fingerprint density at radius 3 is 2.41 bits per heavy atom. The van der Waals surface area contributed by atoms with Gasteiger partial charge in [0.2, 0.25) is 0 Å². The molecule has 1 amide bonds. The Kier molecular flexibility index (Phi) is 7.12. The zero-order valence-corrected chi connectivity index (χ0v) is 19.2. The molecule has 0 aliphatic carbocycles. The second kappa shape index (κ2) is 9.80. The standard InChI is InChI=1S/C24H30N4O4/c1-6-28-21-20(23(30)27-24(28)31)18(13-19(26-21)15(4)5)22(29)25-11-12-32-17-9-7-16(8-10-17)14(2)3/h7-10,13-15H,6,11-12H2,1-5H3,(H,25,29)(H,27,30,31). The number of hydrogen-bond acceptors (Lipinski definition) is 5. The van der Waals surface area contributed by atoms with Gasteiger partial charge in [-0.25, -0.2) is 9.78 Å². The highest BCUT2D eigenvalue weighted by Crippen LogP contribution is 2.20. The number of ether oxygens (including phenoxy) is 1. The van der Waals surface area contributed by atoms with Crippen LogP contribution in [0, 0.1) is 0 Å². The molecule has 0 aliphatic rings. The fourth-order valence-corrected chi connectivity index (χ4v) is 3.44. The molecule has 32 heavy (non-hydrogen) atoms. The van der Waals surface area contributed by atoms with Gasteiger partial charge in [-0.2, -0.15) is 0 Å². The average Bonchev–Trinajstić information content (AvgIpc) is 2.76. The largest absolute Gasteiger partial charge is 0.492 e. The molecule has 1 aromatic carbocycles. The van der Waals surface area contributed by atoms with Gasteiger partial charge in [0, 0.05) is 12.2 Å². The van der Waals surface area contributed by atoms with E-state index in [0.29, 0.717) is 18.2 Å². The molecule has 8 nitrogen and oxygen atoms in total. The molecule has 170 valence electrons. The van der Waals surface area contributed by atoms with Gasteiger partial charge in [-0.3, -0.25) is 19.1 Å². The number of nitrogens with one attached hydrogen (secondary N) is 2. The van der Waals surface area contributed by atoms with Crippen molar-refractivity contribution in [2.45, 2.75) is 53.0 Å². The van der Waals surface area contributed by atoms with Gasteiger partial charge in [-0.05, 0) is 42.5 Å². The predicted molar refractivity (Wildman–Crippen MR) is 125 cm³/mol. The van der Waals surface area contributed by atoms with E-state index in [0.717, 1.165) is 5.75 Å². The van der Waals surface area contributed by atoms with Crippen LogP contribution in [0.4, 0.5) is 0 Å². The lowest BCUT2D eigenvalue weighted by atomic mass is 10.0. The summed E-state index contributed by atoms with van der Waals surface area (Å²) in [5, 5.41) is 2.91. The molecule has 2 aromatic heterocycles. The summed E-state index contributed by atoms with van der Waals surface area (Å²) >= 11 is 0. The summed E-state index contributed by atoms with van der Waals surface area (Å²) in [6, 6.07) is 9.48. The van der Waals surface area contributed by atoms with E-state index < -0.39 is 17.2 Å². The van der Waals surface area contributed by atoms with Gasteiger partial charge >= 0.3 is 5.69 Å². The smallest absolute Gasteiger partial charge is 0.329 e. The predicted octanol–water partition coefficient (Wildman–Crippen LogP) is 3.16. The van der Waals surface area contributed by atoms with Crippen LogP contribution in [0.5, 0.6) is 5.75 Å². The molecule has 0 fully saturated rings. The molecule has 3 aromatic rings. The zero-order chi connectivity index (χ0) is 23.4. The van der Waals surface area contributed by atoms with E-state index in [1.54, 1.807) is 13.0 Å². The molecule has 2 heterocycles. The summed E-state index contributed by atoms with van der Waals surface area (Å²) in [6.07, 6.45) is 0. The lowest BCUT2D eigenvalue weighted by molar-refractivity contribution is 0.0948. The van der Waals surface area contributed by atoms with Crippen LogP contribution in [-0.2, 0) is 6.54 Å². The van der Waals surface area contributed by atoms with Gasteiger partial charge in [-0.1, -0.05) is 39.8 Å². The summed E-state index contributed by atoms with van der Waals surface area (Å²) in [4.78, 5) is 44.5. The van der Waals surface area contributed by atoms with E-state index in [1.807, 2.05) is 38.1 Å². The lowest BCUT2D eigenvalue weighted by Crippen LogP contribution is -2.34. The summed E-state index contributed by atoms with van der Waals surface area (Å²) in [5.74, 6) is 0.776. The molecule has 0 atom stereocenters. The van der Waals surface area contributed by atoms with E-state index in [9.17, 15) is 14.4 Å². The van der Waals surface area contributed by atoms with Crippen molar-refractivity contribution in [2.75, 3.05) is 13.2 Å². The molecular weight excluding hydrogens is 408 g/mol. The number of carbonyl (C=O) groups is 1. The molecule has 0 unspecified atom stereocenters. The second-order valence-corrected chi connectivity index (χ2v) is 8.28. The summed E-state index contributed by atoms with van der Waals surface area (Å²) < 4.78 is 7.08. The van der Waals surface area contributed by atoms with Gasteiger partial charge in [0.25, 0.3) is 11.5 Å². The van der Waals surface area contributed by atoms with E-state index in [2.05, 4.69) is 29.1 Å². The topological polar surface area (TPSA) is 106 Å². The number of aromatic nitrogens is 3. The van der Waals surface area contributed by atoms with Crippen molar-refractivity contribution in [2.24, 2.45) is 0 Å². The van der Waals surface area contributed by atoms with Crippen LogP contribution in [0.1, 0.15) is 68.1 Å². The van der Waals surface area contributed by atoms with Crippen LogP contribution in [0.15, 0.2) is 39.9 Å². The fraction of sp³-hybridized carbons (Fsp3) is 0.417. The maximum absolute atomic E-state index is 13.0. The SMILES string of the molecule is CCn1c(=O)[nH]c(=O)c2c(C(=O)NCCOc3ccc(C(C)C)cc3)cc(C(C)C)nc21. The van der Waals surface area contributed by atoms with E-state index in [1.165, 1.54) is 10.1 Å². The van der Waals surface area contributed by atoms with Crippen LogP contribution in [0.3, 0.4) is 0 Å². The number of fused-ring (bicyclic) bond motifs is 1. The van der Waals surface area contributed by atoms with Crippen LogP contribution in [-0.4, -0.2) is 33.6 Å². The van der Waals surface area contributed by atoms with Crippen LogP contribution < -0.4 is 21.3 Å². The number of nitrogens with zero attached hydrogens (tertiary/aromatic N) is 2. The average molecular weight is 439 g/mol. The normalized spacial score (nSPS) is 11.3. The first-order valence-electron chi connectivity index (χ1n) is 10.9. The maximum Gasteiger partial charge on any atom is 0.329 e. The summed E-state index contributed by atoms with van der Waals surface area (Å²) in [7, 11) is 0. The highest BCUT2D eigenvalue weighted by atomic mass is 16.5. The highest BCUT2D eigenvalue weighted by Gasteiger charge is 2.20. The molecule has 0 bridgehead atoms. The van der Waals surface area contributed by atoms with Gasteiger partial charge in [0.05, 0.1) is 17.5 Å². The Morgan fingerprint density at radius 1 is 1.12 bits per heavy atom. The zero-order valence-electron chi connectivity index (χ0n) is 19.2. The third-order valence-corrected chi connectivity index (χ3v) is 5.32. The minimum atomic E-state index is -0.621. The third kappa shape index (κ3) is 4.90. The number of pyridine rings is 1. The Bertz CT molecular complexity index is 1220. The van der Waals surface area contributed by atoms with Gasteiger partial charge < -0.3 is 10.1 Å². The molecule has 8 heteroatoms. The number of benzene rings is 1. The first-order chi connectivity index (χ1) is 15.2. The minimum absolute atomic E-state index is 0.0165. The van der Waals surface area contributed by atoms with Crippen LogP contribution >= 0.6 is 0 Å². The summed E-state index contributed by atoms with van der Waals surface area (Å²) in [5.41, 5.74) is 1.12. The quantitative estimate of drug-likeness (QED) is 0.526. The number of H-pyrrole nitrogens is 1. The van der Waals surface area contributed by atoms with Crippen molar-refractivity contribution in [1.82, 2.24) is 19.9 Å². The molecule has 0 aliphatic heterocycles. The highest BCUT2D eigenvalue weighted by molar-refractivity contribution is 6.05. The number of rotatable bonds is 8. The van der Waals surface area contributed by atoms with Crippen molar-refractivity contribution < 1.29 is 9.53 Å². The minimum Gasteiger partial charge on any atom is -0.492 e. The first-order valence-corrected chi connectivity index (χ1v) is 10.9. The lowest BCUT2D eigenvalue weighted by Gasteiger charge is -2.14. The molecule has 2 N–H and O–H groups in total. The van der Waals surface area contributed by atoms with Crippen molar-refractivity contribution in [1.29, 1.82) is 0 Å². The number of hydrogen-bond donors (Lipinski definition) is 2. The van der Waals surface area contributed by atoms with E-state index >= 15 is 0 Å². The molecular formula is C24H30N4O4. The monoisotopic (exact) mass is 438 g/mol. The van der Waals surface area contributed by atoms with Gasteiger partial charge in [0.15, 0.2) is 5.65 Å². The fourth-order valence-electron chi connectivity index (χ4n) is 3.44. The number of aryl methyl sites for hydroxylation is 1. The van der Waals surface area contributed by atoms with Crippen molar-refractivity contribution in [3.63, 3.8) is 0 Å². The molecule has 0 radical (unpaired) electrons. The Hall–Kier alpha value is -3.42. The van der Waals surface area contributed by atoms with Gasteiger partial charge in [0.1, 0.15) is 12.4 Å². The molecule has 0 saturated heterocycles. The van der Waals surface area contributed by atoms with Gasteiger partial charge in [-0.15, -0.1) is 0 Å². The van der Waals surface area contributed by atoms with Crippen molar-refractivity contribution in [3.05, 3.63) is 68.0 Å². The summed E-state index contributed by atoms with van der Waals surface area (Å²) in [6.45, 7) is 10.8. The molecule has 0 saturated carbocycles. The number of carbonyl (C=O) groups excluding carboxylic acids is 1. The Balaban J connectivity index is 1.81. The van der Waals surface area contributed by atoms with Crippen molar-refractivity contribution in [3.8, 4) is 5.75 Å². The first kappa shape index (κ1) is 23.2.